The highest BCUT2D eigenvalue weighted by Crippen LogP contribution is 2.28. The number of nitrogens with one attached hydrogen (secondary N) is 1. The zero-order valence-electron chi connectivity index (χ0n) is 13.1. The topological polar surface area (TPSA) is 24.5 Å². The van der Waals surface area contributed by atoms with Crippen LogP contribution in [-0.4, -0.2) is 37.7 Å². The first-order valence-corrected chi connectivity index (χ1v) is 7.90. The van der Waals surface area contributed by atoms with Crippen LogP contribution in [-0.2, 0) is 0 Å². The molecule has 1 aliphatic rings. The Morgan fingerprint density at radius 1 is 1.25 bits per heavy atom. The number of nitrogens with zero attached hydrogens (tertiary/aromatic N) is 1. The molecule has 20 heavy (non-hydrogen) atoms. The van der Waals surface area contributed by atoms with Crippen molar-refractivity contribution in [1.29, 1.82) is 0 Å². The molecule has 1 aliphatic heterocycles. The Balaban J connectivity index is 2.04. The number of hydrogen-bond acceptors (Lipinski definition) is 3. The molecule has 0 bridgehead atoms. The fourth-order valence-corrected chi connectivity index (χ4v) is 2.94. The molecule has 0 spiro atoms. The van der Waals surface area contributed by atoms with Crippen molar-refractivity contribution >= 4 is 0 Å². The minimum atomic E-state index is 0.395. The first kappa shape index (κ1) is 15.3. The van der Waals surface area contributed by atoms with Gasteiger partial charge in [-0.2, -0.15) is 0 Å². The predicted octanol–water partition coefficient (Wildman–Crippen LogP) is 3.22. The van der Waals surface area contributed by atoms with E-state index in [1.165, 1.54) is 31.5 Å². The summed E-state index contributed by atoms with van der Waals surface area (Å²) in [4.78, 5) is 2.41. The Morgan fingerprint density at radius 3 is 2.60 bits per heavy atom. The molecule has 1 atom stereocenters. The number of piperidine rings is 1. The fraction of sp³-hybridized carbons (Fsp3) is 0.647. The number of likely N-dealkylation sites (tertiary alicyclic amines) is 1. The molecule has 1 fully saturated rings. The molecule has 1 aromatic carbocycles. The smallest absolute Gasteiger partial charge is 0.124 e. The van der Waals surface area contributed by atoms with E-state index >= 15 is 0 Å². The van der Waals surface area contributed by atoms with Crippen molar-refractivity contribution in [3.63, 3.8) is 0 Å². The van der Waals surface area contributed by atoms with E-state index in [1.807, 2.05) is 6.92 Å². The van der Waals surface area contributed by atoms with Gasteiger partial charge in [0.15, 0.2) is 0 Å². The number of ether oxygens (including phenoxy) is 1. The minimum Gasteiger partial charge on any atom is -0.494 e. The third-order valence-corrected chi connectivity index (χ3v) is 4.16. The van der Waals surface area contributed by atoms with Gasteiger partial charge in [0.2, 0.25) is 0 Å². The van der Waals surface area contributed by atoms with Gasteiger partial charge in [-0.25, -0.2) is 0 Å². The molecular weight excluding hydrogens is 248 g/mol. The first-order chi connectivity index (χ1) is 9.74. The second-order valence-corrected chi connectivity index (χ2v) is 5.68. The Morgan fingerprint density at radius 2 is 1.95 bits per heavy atom. The zero-order valence-corrected chi connectivity index (χ0v) is 13.1. The van der Waals surface area contributed by atoms with Crippen LogP contribution in [0.25, 0.3) is 0 Å². The molecule has 0 aromatic heterocycles. The number of para-hydroxylation sites is 1. The van der Waals surface area contributed by atoms with E-state index in [2.05, 4.69) is 48.5 Å². The quantitative estimate of drug-likeness (QED) is 0.863. The Hall–Kier alpha value is -1.06. The van der Waals surface area contributed by atoms with E-state index < -0.39 is 0 Å². The van der Waals surface area contributed by atoms with Gasteiger partial charge in [0.1, 0.15) is 5.75 Å². The highest BCUT2D eigenvalue weighted by molar-refractivity contribution is 5.36. The maximum absolute atomic E-state index is 5.78. The van der Waals surface area contributed by atoms with E-state index in [9.17, 15) is 0 Å². The molecule has 3 nitrogen and oxygen atoms in total. The van der Waals surface area contributed by atoms with Gasteiger partial charge in [-0.3, -0.25) is 0 Å². The lowest BCUT2D eigenvalue weighted by Crippen LogP contribution is -2.42. The van der Waals surface area contributed by atoms with Gasteiger partial charge < -0.3 is 15.0 Å². The second kappa shape index (κ2) is 7.65. The van der Waals surface area contributed by atoms with Crippen molar-refractivity contribution in [3.8, 4) is 5.75 Å². The number of hydrogen-bond donors (Lipinski definition) is 1. The van der Waals surface area contributed by atoms with E-state index in [0.717, 1.165) is 18.8 Å². The largest absolute Gasteiger partial charge is 0.494 e. The molecule has 2 rings (SSSR count). The third-order valence-electron chi connectivity index (χ3n) is 4.16. The van der Waals surface area contributed by atoms with Crippen molar-refractivity contribution in [1.82, 2.24) is 10.2 Å². The molecule has 1 heterocycles. The van der Waals surface area contributed by atoms with Gasteiger partial charge in [-0.15, -0.1) is 0 Å². The SMILES string of the molecule is CCOc1ccccc1[C@H](CC)NC1CCN(C)CC1. The predicted molar refractivity (Wildman–Crippen MR) is 84.3 cm³/mol. The molecule has 1 aromatic rings. The van der Waals surface area contributed by atoms with Crippen molar-refractivity contribution < 1.29 is 4.74 Å². The number of rotatable bonds is 6. The van der Waals surface area contributed by atoms with Crippen molar-refractivity contribution in [3.05, 3.63) is 29.8 Å². The van der Waals surface area contributed by atoms with Crippen LogP contribution in [0.15, 0.2) is 24.3 Å². The van der Waals surface area contributed by atoms with Crippen LogP contribution in [0.2, 0.25) is 0 Å². The van der Waals surface area contributed by atoms with Crippen molar-refractivity contribution in [2.24, 2.45) is 0 Å². The van der Waals surface area contributed by atoms with E-state index in [4.69, 9.17) is 4.74 Å². The maximum Gasteiger partial charge on any atom is 0.124 e. The molecule has 0 amide bonds. The second-order valence-electron chi connectivity index (χ2n) is 5.68. The summed E-state index contributed by atoms with van der Waals surface area (Å²) in [6.07, 6.45) is 3.57. The lowest BCUT2D eigenvalue weighted by molar-refractivity contribution is 0.222. The first-order valence-electron chi connectivity index (χ1n) is 7.90. The summed E-state index contributed by atoms with van der Waals surface area (Å²) in [5.41, 5.74) is 1.30. The van der Waals surface area contributed by atoms with Crippen LogP contribution in [0.3, 0.4) is 0 Å². The molecule has 3 heteroatoms. The molecule has 0 radical (unpaired) electrons. The van der Waals surface area contributed by atoms with Crippen LogP contribution in [0.5, 0.6) is 5.75 Å². The normalized spacial score (nSPS) is 18.9. The summed E-state index contributed by atoms with van der Waals surface area (Å²) < 4.78 is 5.78. The lowest BCUT2D eigenvalue weighted by atomic mass is 9.99. The minimum absolute atomic E-state index is 0.395. The monoisotopic (exact) mass is 276 g/mol. The van der Waals surface area contributed by atoms with Gasteiger partial charge >= 0.3 is 0 Å². The van der Waals surface area contributed by atoms with Crippen LogP contribution in [0.1, 0.15) is 44.7 Å². The zero-order chi connectivity index (χ0) is 14.4. The van der Waals surface area contributed by atoms with Crippen LogP contribution < -0.4 is 10.1 Å². The molecular formula is C17H28N2O. The molecule has 0 unspecified atom stereocenters. The average Bonchev–Trinajstić information content (AvgIpc) is 2.48. The van der Waals surface area contributed by atoms with E-state index in [1.54, 1.807) is 0 Å². The van der Waals surface area contributed by atoms with Crippen LogP contribution in [0, 0.1) is 0 Å². The van der Waals surface area contributed by atoms with Gasteiger partial charge in [-0.1, -0.05) is 25.1 Å². The van der Waals surface area contributed by atoms with E-state index in [0.29, 0.717) is 12.1 Å². The summed E-state index contributed by atoms with van der Waals surface area (Å²) >= 11 is 0. The van der Waals surface area contributed by atoms with Crippen LogP contribution in [0.4, 0.5) is 0 Å². The summed E-state index contributed by atoms with van der Waals surface area (Å²) in [5, 5.41) is 3.83. The van der Waals surface area contributed by atoms with Gasteiger partial charge in [0.05, 0.1) is 6.61 Å². The molecule has 0 saturated carbocycles. The summed E-state index contributed by atoms with van der Waals surface area (Å²) in [6.45, 7) is 7.40. The van der Waals surface area contributed by atoms with E-state index in [-0.39, 0.29) is 0 Å². The molecule has 0 aliphatic carbocycles. The third kappa shape index (κ3) is 3.97. The maximum atomic E-state index is 5.78. The Bertz CT molecular complexity index is 400. The van der Waals surface area contributed by atoms with Crippen molar-refractivity contribution in [2.45, 2.75) is 45.2 Å². The molecule has 1 saturated heterocycles. The Labute approximate surface area is 123 Å². The summed E-state index contributed by atoms with van der Waals surface area (Å²) in [5.74, 6) is 1.03. The fourth-order valence-electron chi connectivity index (χ4n) is 2.94. The standard InChI is InChI=1S/C17H28N2O/c1-4-16(18-14-10-12-19(3)13-11-14)15-8-6-7-9-17(15)20-5-2/h6-9,14,16,18H,4-5,10-13H2,1-3H3/t16-/m0/s1. The average molecular weight is 276 g/mol. The highest BCUT2D eigenvalue weighted by atomic mass is 16.5. The summed E-state index contributed by atoms with van der Waals surface area (Å²) in [7, 11) is 2.21. The van der Waals surface area contributed by atoms with Gasteiger partial charge in [-0.05, 0) is 52.4 Å². The number of benzene rings is 1. The van der Waals surface area contributed by atoms with Crippen LogP contribution >= 0.6 is 0 Å². The van der Waals surface area contributed by atoms with Crippen molar-refractivity contribution in [2.75, 3.05) is 26.7 Å². The highest BCUT2D eigenvalue weighted by Gasteiger charge is 2.21. The van der Waals surface area contributed by atoms with Gasteiger partial charge in [0, 0.05) is 17.6 Å². The van der Waals surface area contributed by atoms with Gasteiger partial charge in [0.25, 0.3) is 0 Å². The summed E-state index contributed by atoms with van der Waals surface area (Å²) in [6, 6.07) is 9.46. The molecule has 1 N–H and O–H groups in total. The molecule has 112 valence electrons. The Kier molecular flexibility index (Phi) is 5.86. The lowest BCUT2D eigenvalue weighted by Gasteiger charge is -2.33.